The van der Waals surface area contributed by atoms with Crippen molar-refractivity contribution in [2.24, 2.45) is 0 Å². The molecular weight excluding hydrogens is 332 g/mol. The number of aryl methyl sites for hydroxylation is 1. The minimum absolute atomic E-state index is 0.0920. The molecule has 3 rings (SSSR count). The smallest absolute Gasteiger partial charge is 0.185 e. The van der Waals surface area contributed by atoms with Crippen molar-refractivity contribution in [3.63, 3.8) is 0 Å². The molecule has 0 aliphatic heterocycles. The summed E-state index contributed by atoms with van der Waals surface area (Å²) in [4.78, 5) is 16.3. The van der Waals surface area contributed by atoms with Gasteiger partial charge in [-0.3, -0.25) is 4.79 Å². The van der Waals surface area contributed by atoms with Crippen LogP contribution < -0.4 is 5.32 Å². The second-order valence-electron chi connectivity index (χ2n) is 5.64. The summed E-state index contributed by atoms with van der Waals surface area (Å²) in [6.07, 6.45) is 1.31. The van der Waals surface area contributed by atoms with E-state index in [1.165, 1.54) is 6.08 Å². The van der Waals surface area contributed by atoms with Crippen LogP contribution in [0.2, 0.25) is 5.02 Å². The molecule has 3 nitrogen and oxygen atoms in total. The van der Waals surface area contributed by atoms with E-state index in [0.29, 0.717) is 10.6 Å². The largest absolute Gasteiger partial charge is 0.340 e. The number of benzene rings is 2. The van der Waals surface area contributed by atoms with Gasteiger partial charge < -0.3 is 5.32 Å². The third kappa shape index (κ3) is 3.95. The van der Waals surface area contributed by atoms with E-state index in [9.17, 15) is 4.79 Å². The maximum absolute atomic E-state index is 11.6. The number of carbonyl (C=O) groups excluding carboxylic acids is 1. The van der Waals surface area contributed by atoms with Crippen molar-refractivity contribution in [1.82, 2.24) is 4.98 Å². The standard InChI is InChI=1S/C21H17ClN2O/c1-3-20(25)16-7-11-18(12-8-16)23-21-14(2)4-13-19(24-21)15-5-9-17(22)10-6-15/h3-13H,1H2,2H3,(H,23,24). The number of pyridine rings is 1. The van der Waals surface area contributed by atoms with Crippen LogP contribution in [0.5, 0.6) is 0 Å². The Bertz CT molecular complexity index is 916. The van der Waals surface area contributed by atoms with Crippen molar-refractivity contribution in [2.45, 2.75) is 6.92 Å². The van der Waals surface area contributed by atoms with Crippen molar-refractivity contribution in [3.8, 4) is 11.3 Å². The molecule has 124 valence electrons. The van der Waals surface area contributed by atoms with Crippen molar-refractivity contribution >= 4 is 28.9 Å². The van der Waals surface area contributed by atoms with Crippen LogP contribution in [0.15, 0.2) is 73.3 Å². The van der Waals surface area contributed by atoms with E-state index in [1.54, 1.807) is 12.1 Å². The zero-order valence-corrected chi connectivity index (χ0v) is 14.5. The first-order valence-electron chi connectivity index (χ1n) is 7.84. The summed E-state index contributed by atoms with van der Waals surface area (Å²) in [6, 6.07) is 18.8. The highest BCUT2D eigenvalue weighted by molar-refractivity contribution is 6.30. The Morgan fingerprint density at radius 2 is 1.72 bits per heavy atom. The van der Waals surface area contributed by atoms with Gasteiger partial charge in [-0.25, -0.2) is 4.98 Å². The van der Waals surface area contributed by atoms with E-state index in [2.05, 4.69) is 11.9 Å². The van der Waals surface area contributed by atoms with Gasteiger partial charge in [0.15, 0.2) is 5.78 Å². The van der Waals surface area contributed by atoms with Gasteiger partial charge in [0.1, 0.15) is 5.82 Å². The molecule has 1 N–H and O–H groups in total. The number of carbonyl (C=O) groups is 1. The molecule has 0 unspecified atom stereocenters. The summed E-state index contributed by atoms with van der Waals surface area (Å²) in [5.41, 5.74) is 4.37. The van der Waals surface area contributed by atoms with Crippen molar-refractivity contribution in [1.29, 1.82) is 0 Å². The van der Waals surface area contributed by atoms with Crippen LogP contribution in [0.1, 0.15) is 15.9 Å². The number of hydrogen-bond acceptors (Lipinski definition) is 3. The van der Waals surface area contributed by atoms with Crippen LogP contribution in [0.3, 0.4) is 0 Å². The summed E-state index contributed by atoms with van der Waals surface area (Å²) in [6.45, 7) is 5.50. The molecule has 0 saturated heterocycles. The number of nitrogens with zero attached hydrogens (tertiary/aromatic N) is 1. The molecular formula is C21H17ClN2O. The number of allylic oxidation sites excluding steroid dienone is 1. The van der Waals surface area contributed by atoms with Crippen LogP contribution in [-0.2, 0) is 0 Å². The summed E-state index contributed by atoms with van der Waals surface area (Å²) in [7, 11) is 0. The van der Waals surface area contributed by atoms with Crippen LogP contribution in [-0.4, -0.2) is 10.8 Å². The number of ketones is 1. The molecule has 0 aliphatic carbocycles. The first-order chi connectivity index (χ1) is 12.1. The van der Waals surface area contributed by atoms with Crippen LogP contribution in [0, 0.1) is 6.92 Å². The van der Waals surface area contributed by atoms with Crippen LogP contribution in [0.4, 0.5) is 11.5 Å². The third-order valence-electron chi connectivity index (χ3n) is 3.85. The second-order valence-corrected chi connectivity index (χ2v) is 6.08. The Kier molecular flexibility index (Phi) is 4.96. The Balaban J connectivity index is 1.87. The average Bonchev–Trinajstić information content (AvgIpc) is 2.64. The van der Waals surface area contributed by atoms with Gasteiger partial charge in [0.05, 0.1) is 5.69 Å². The SMILES string of the molecule is C=CC(=O)c1ccc(Nc2nc(-c3ccc(Cl)cc3)ccc2C)cc1. The molecule has 0 fully saturated rings. The Morgan fingerprint density at radius 3 is 2.36 bits per heavy atom. The Hall–Kier alpha value is -2.91. The maximum Gasteiger partial charge on any atom is 0.185 e. The predicted molar refractivity (Wildman–Crippen MR) is 104 cm³/mol. The fourth-order valence-electron chi connectivity index (χ4n) is 2.41. The molecule has 3 aromatic rings. The van der Waals surface area contributed by atoms with Gasteiger partial charge in [-0.15, -0.1) is 0 Å². The summed E-state index contributed by atoms with van der Waals surface area (Å²) >= 11 is 5.95. The lowest BCUT2D eigenvalue weighted by molar-refractivity contribution is 0.104. The number of hydrogen-bond donors (Lipinski definition) is 1. The van der Waals surface area contributed by atoms with Gasteiger partial charge in [0, 0.05) is 21.8 Å². The zero-order valence-electron chi connectivity index (χ0n) is 13.8. The van der Waals surface area contributed by atoms with Crippen molar-refractivity contribution in [2.75, 3.05) is 5.32 Å². The average molecular weight is 349 g/mol. The number of halogens is 1. The van der Waals surface area contributed by atoms with Gasteiger partial charge in [-0.1, -0.05) is 36.4 Å². The summed E-state index contributed by atoms with van der Waals surface area (Å²) in [5, 5.41) is 4.00. The number of nitrogens with one attached hydrogen (secondary N) is 1. The van der Waals surface area contributed by atoms with Gasteiger partial charge in [-0.2, -0.15) is 0 Å². The highest BCUT2D eigenvalue weighted by atomic mass is 35.5. The lowest BCUT2D eigenvalue weighted by Crippen LogP contribution is -1.99. The fourth-order valence-corrected chi connectivity index (χ4v) is 2.54. The van der Waals surface area contributed by atoms with Gasteiger partial charge >= 0.3 is 0 Å². The molecule has 25 heavy (non-hydrogen) atoms. The number of rotatable bonds is 5. The van der Waals surface area contributed by atoms with Gasteiger partial charge in [0.2, 0.25) is 0 Å². The quantitative estimate of drug-likeness (QED) is 0.466. The molecule has 0 aliphatic rings. The van der Waals surface area contributed by atoms with E-state index in [4.69, 9.17) is 16.6 Å². The highest BCUT2D eigenvalue weighted by Crippen LogP contribution is 2.25. The predicted octanol–water partition coefficient (Wildman–Crippen LogP) is 5.82. The number of anilines is 2. The first kappa shape index (κ1) is 16.9. The van der Waals surface area contributed by atoms with E-state index >= 15 is 0 Å². The van der Waals surface area contributed by atoms with Crippen LogP contribution >= 0.6 is 11.6 Å². The van der Waals surface area contributed by atoms with Crippen molar-refractivity contribution in [3.05, 3.63) is 89.5 Å². The summed E-state index contributed by atoms with van der Waals surface area (Å²) in [5.74, 6) is 0.681. The maximum atomic E-state index is 11.6. The zero-order chi connectivity index (χ0) is 17.8. The Morgan fingerprint density at radius 1 is 1.04 bits per heavy atom. The molecule has 0 spiro atoms. The minimum Gasteiger partial charge on any atom is -0.340 e. The third-order valence-corrected chi connectivity index (χ3v) is 4.11. The van der Waals surface area contributed by atoms with E-state index in [-0.39, 0.29) is 5.78 Å². The van der Waals surface area contributed by atoms with E-state index < -0.39 is 0 Å². The minimum atomic E-state index is -0.0920. The summed E-state index contributed by atoms with van der Waals surface area (Å²) < 4.78 is 0. The monoisotopic (exact) mass is 348 g/mol. The van der Waals surface area contributed by atoms with Crippen molar-refractivity contribution < 1.29 is 4.79 Å². The van der Waals surface area contributed by atoms with E-state index in [0.717, 1.165) is 28.3 Å². The molecule has 4 heteroatoms. The first-order valence-corrected chi connectivity index (χ1v) is 8.22. The lowest BCUT2D eigenvalue weighted by Gasteiger charge is -2.11. The molecule has 1 heterocycles. The second kappa shape index (κ2) is 7.32. The molecule has 0 bridgehead atoms. The normalized spacial score (nSPS) is 10.3. The number of aromatic nitrogens is 1. The van der Waals surface area contributed by atoms with Crippen LogP contribution in [0.25, 0.3) is 11.3 Å². The molecule has 1 aromatic heterocycles. The molecule has 0 atom stereocenters. The molecule has 0 radical (unpaired) electrons. The molecule has 0 saturated carbocycles. The highest BCUT2D eigenvalue weighted by Gasteiger charge is 2.06. The van der Waals surface area contributed by atoms with E-state index in [1.807, 2.05) is 55.5 Å². The molecule has 0 amide bonds. The fraction of sp³-hybridized carbons (Fsp3) is 0.0476. The van der Waals surface area contributed by atoms with Gasteiger partial charge in [-0.05, 0) is 61.0 Å². The Labute approximate surface area is 152 Å². The lowest BCUT2D eigenvalue weighted by atomic mass is 10.1. The van der Waals surface area contributed by atoms with Gasteiger partial charge in [0.25, 0.3) is 0 Å². The molecule has 2 aromatic carbocycles. The topological polar surface area (TPSA) is 42.0 Å².